The van der Waals surface area contributed by atoms with Crippen LogP contribution in [0.5, 0.6) is 0 Å². The smallest absolute Gasteiger partial charge is 0.227 e. The SMILES string of the molecule is CCC1CN(c2nc(C)cc(Nc3ccc4[nH]ncc4c3)n2)CCN1. The van der Waals surface area contributed by atoms with Crippen molar-refractivity contribution in [3.8, 4) is 0 Å². The lowest BCUT2D eigenvalue weighted by molar-refractivity contribution is 0.442. The summed E-state index contributed by atoms with van der Waals surface area (Å²) in [6, 6.07) is 8.58. The molecule has 1 saturated heterocycles. The molecule has 1 aliphatic heterocycles. The van der Waals surface area contributed by atoms with E-state index < -0.39 is 0 Å². The van der Waals surface area contributed by atoms with Crippen molar-refractivity contribution in [2.45, 2.75) is 26.3 Å². The van der Waals surface area contributed by atoms with Crippen molar-refractivity contribution >= 4 is 28.4 Å². The molecule has 2 aromatic heterocycles. The highest BCUT2D eigenvalue weighted by Crippen LogP contribution is 2.22. The normalized spacial score (nSPS) is 17.8. The summed E-state index contributed by atoms with van der Waals surface area (Å²) in [4.78, 5) is 11.6. The molecule has 7 nitrogen and oxygen atoms in total. The minimum atomic E-state index is 0.498. The van der Waals surface area contributed by atoms with Gasteiger partial charge in [-0.3, -0.25) is 5.10 Å². The van der Waals surface area contributed by atoms with Crippen LogP contribution in [0, 0.1) is 6.92 Å². The maximum absolute atomic E-state index is 4.74. The molecule has 0 spiro atoms. The second-order valence-electron chi connectivity index (χ2n) is 6.50. The van der Waals surface area contributed by atoms with Gasteiger partial charge in [-0.2, -0.15) is 10.1 Å². The summed E-state index contributed by atoms with van der Waals surface area (Å²) in [5, 5.41) is 15.0. The van der Waals surface area contributed by atoms with Gasteiger partial charge in [-0.1, -0.05) is 6.92 Å². The zero-order chi connectivity index (χ0) is 17.2. The Kier molecular flexibility index (Phi) is 4.23. The lowest BCUT2D eigenvalue weighted by Crippen LogP contribution is -2.51. The third-order valence-corrected chi connectivity index (χ3v) is 4.59. The highest BCUT2D eigenvalue weighted by molar-refractivity contribution is 5.82. The van der Waals surface area contributed by atoms with Gasteiger partial charge in [0, 0.05) is 48.5 Å². The van der Waals surface area contributed by atoms with E-state index in [1.807, 2.05) is 31.3 Å². The van der Waals surface area contributed by atoms with Gasteiger partial charge < -0.3 is 15.5 Å². The minimum absolute atomic E-state index is 0.498. The standard InChI is InChI=1S/C18H23N7/c1-3-14-11-25(7-6-19-14)18-21-12(2)8-17(23-18)22-15-4-5-16-13(9-15)10-20-24-16/h4-5,8-10,14,19H,3,6-7,11H2,1-2H3,(H,20,24)(H,21,22,23). The van der Waals surface area contributed by atoms with Gasteiger partial charge in [0.05, 0.1) is 11.7 Å². The lowest BCUT2D eigenvalue weighted by atomic mass is 10.1. The molecule has 0 aliphatic carbocycles. The fourth-order valence-corrected chi connectivity index (χ4v) is 3.21. The van der Waals surface area contributed by atoms with Crippen LogP contribution in [0.1, 0.15) is 19.0 Å². The Morgan fingerprint density at radius 1 is 1.28 bits per heavy atom. The summed E-state index contributed by atoms with van der Waals surface area (Å²) in [6.07, 6.45) is 2.93. The molecule has 130 valence electrons. The summed E-state index contributed by atoms with van der Waals surface area (Å²) in [5.41, 5.74) is 2.98. The van der Waals surface area contributed by atoms with Crippen molar-refractivity contribution in [2.24, 2.45) is 0 Å². The maximum atomic E-state index is 4.74. The number of nitrogens with zero attached hydrogens (tertiary/aromatic N) is 4. The van der Waals surface area contributed by atoms with Gasteiger partial charge in [-0.05, 0) is 31.5 Å². The van der Waals surface area contributed by atoms with E-state index in [1.165, 1.54) is 0 Å². The van der Waals surface area contributed by atoms with Gasteiger partial charge in [0.15, 0.2) is 0 Å². The van der Waals surface area contributed by atoms with Gasteiger partial charge in [0.1, 0.15) is 5.82 Å². The number of benzene rings is 1. The molecule has 0 saturated carbocycles. The fraction of sp³-hybridized carbons (Fsp3) is 0.389. The molecule has 3 N–H and O–H groups in total. The summed E-state index contributed by atoms with van der Waals surface area (Å²) < 4.78 is 0. The average Bonchev–Trinajstić information content (AvgIpc) is 3.09. The molecule has 0 amide bonds. The molecule has 0 bridgehead atoms. The van der Waals surface area contributed by atoms with Crippen LogP contribution in [0.25, 0.3) is 10.9 Å². The first-order chi connectivity index (χ1) is 12.2. The highest BCUT2D eigenvalue weighted by Gasteiger charge is 2.20. The van der Waals surface area contributed by atoms with E-state index in [1.54, 1.807) is 0 Å². The number of aromatic amines is 1. The molecular weight excluding hydrogens is 314 g/mol. The Labute approximate surface area is 146 Å². The van der Waals surface area contributed by atoms with Crippen LogP contribution >= 0.6 is 0 Å². The van der Waals surface area contributed by atoms with Crippen LogP contribution < -0.4 is 15.5 Å². The summed E-state index contributed by atoms with van der Waals surface area (Å²) in [6.45, 7) is 7.06. The molecule has 25 heavy (non-hydrogen) atoms. The number of aryl methyl sites for hydroxylation is 1. The summed E-state index contributed by atoms with van der Waals surface area (Å²) >= 11 is 0. The van der Waals surface area contributed by atoms with Gasteiger partial charge in [0.25, 0.3) is 0 Å². The van der Waals surface area contributed by atoms with Crippen LogP contribution in [-0.4, -0.2) is 45.8 Å². The van der Waals surface area contributed by atoms with E-state index in [-0.39, 0.29) is 0 Å². The van der Waals surface area contributed by atoms with Crippen molar-refractivity contribution in [2.75, 3.05) is 29.9 Å². The minimum Gasteiger partial charge on any atom is -0.340 e. The first-order valence-electron chi connectivity index (χ1n) is 8.75. The number of piperazine rings is 1. The second-order valence-corrected chi connectivity index (χ2v) is 6.50. The number of aromatic nitrogens is 4. The number of anilines is 3. The number of fused-ring (bicyclic) bond motifs is 1. The van der Waals surface area contributed by atoms with Crippen LogP contribution in [0.2, 0.25) is 0 Å². The Balaban J connectivity index is 1.58. The predicted octanol–water partition coefficient (Wildman–Crippen LogP) is 2.59. The zero-order valence-electron chi connectivity index (χ0n) is 14.6. The van der Waals surface area contributed by atoms with E-state index in [9.17, 15) is 0 Å². The van der Waals surface area contributed by atoms with E-state index in [4.69, 9.17) is 4.98 Å². The van der Waals surface area contributed by atoms with Crippen molar-refractivity contribution in [3.63, 3.8) is 0 Å². The fourth-order valence-electron chi connectivity index (χ4n) is 3.21. The molecule has 3 aromatic rings. The van der Waals surface area contributed by atoms with Crippen LogP contribution in [-0.2, 0) is 0 Å². The maximum Gasteiger partial charge on any atom is 0.227 e. The molecule has 4 rings (SSSR count). The summed E-state index contributed by atoms with van der Waals surface area (Å²) in [5.74, 6) is 1.61. The van der Waals surface area contributed by atoms with Crippen LogP contribution in [0.3, 0.4) is 0 Å². The van der Waals surface area contributed by atoms with E-state index in [0.717, 1.165) is 60.1 Å². The third-order valence-electron chi connectivity index (χ3n) is 4.59. The van der Waals surface area contributed by atoms with E-state index >= 15 is 0 Å². The van der Waals surface area contributed by atoms with Gasteiger partial charge in [-0.15, -0.1) is 0 Å². The highest BCUT2D eigenvalue weighted by atomic mass is 15.3. The van der Waals surface area contributed by atoms with Crippen molar-refractivity contribution in [1.82, 2.24) is 25.5 Å². The quantitative estimate of drug-likeness (QED) is 0.679. The molecule has 3 heterocycles. The summed E-state index contributed by atoms with van der Waals surface area (Å²) in [7, 11) is 0. The van der Waals surface area contributed by atoms with E-state index in [0.29, 0.717) is 6.04 Å². The number of hydrogen-bond donors (Lipinski definition) is 3. The predicted molar refractivity (Wildman–Crippen MR) is 100 cm³/mol. The van der Waals surface area contributed by atoms with Gasteiger partial charge in [0.2, 0.25) is 5.95 Å². The topological polar surface area (TPSA) is 81.8 Å². The molecular formula is C18H23N7. The number of H-pyrrole nitrogens is 1. The number of nitrogens with one attached hydrogen (secondary N) is 3. The number of rotatable bonds is 4. The Morgan fingerprint density at radius 2 is 2.20 bits per heavy atom. The first kappa shape index (κ1) is 15.8. The largest absolute Gasteiger partial charge is 0.340 e. The second kappa shape index (κ2) is 6.68. The molecule has 1 unspecified atom stereocenters. The lowest BCUT2D eigenvalue weighted by Gasteiger charge is -2.33. The van der Waals surface area contributed by atoms with E-state index in [2.05, 4.69) is 43.7 Å². The Morgan fingerprint density at radius 3 is 3.08 bits per heavy atom. The molecule has 1 fully saturated rings. The Bertz CT molecular complexity index is 873. The van der Waals surface area contributed by atoms with Crippen molar-refractivity contribution < 1.29 is 0 Å². The van der Waals surface area contributed by atoms with Crippen LogP contribution in [0.4, 0.5) is 17.5 Å². The monoisotopic (exact) mass is 337 g/mol. The van der Waals surface area contributed by atoms with Crippen LogP contribution in [0.15, 0.2) is 30.5 Å². The molecule has 1 aromatic carbocycles. The van der Waals surface area contributed by atoms with Gasteiger partial charge in [-0.25, -0.2) is 4.98 Å². The average molecular weight is 337 g/mol. The first-order valence-corrected chi connectivity index (χ1v) is 8.75. The molecule has 0 radical (unpaired) electrons. The Hall–Kier alpha value is -2.67. The van der Waals surface area contributed by atoms with Crippen molar-refractivity contribution in [1.29, 1.82) is 0 Å². The molecule has 7 heteroatoms. The number of hydrogen-bond acceptors (Lipinski definition) is 6. The third kappa shape index (κ3) is 3.41. The molecule has 1 atom stereocenters. The zero-order valence-corrected chi connectivity index (χ0v) is 14.6. The van der Waals surface area contributed by atoms with Gasteiger partial charge >= 0.3 is 0 Å². The van der Waals surface area contributed by atoms with Crippen molar-refractivity contribution in [3.05, 3.63) is 36.2 Å². The molecule has 1 aliphatic rings.